The van der Waals surface area contributed by atoms with Crippen molar-refractivity contribution in [2.24, 2.45) is 0 Å². The van der Waals surface area contributed by atoms with Crippen molar-refractivity contribution in [1.29, 1.82) is 0 Å². The average Bonchev–Trinajstić information content (AvgIpc) is 2.93. The normalized spacial score (nSPS) is 19.0. The molecule has 11 nitrogen and oxygen atoms in total. The zero-order valence-corrected chi connectivity index (χ0v) is 23.1. The molecule has 11 heteroatoms. The quantitative estimate of drug-likeness (QED) is 0.321. The number of rotatable bonds is 7. The number of hydrogen-bond donors (Lipinski definition) is 5. The Bertz CT molecular complexity index is 1150. The van der Waals surface area contributed by atoms with Gasteiger partial charge in [-0.3, -0.25) is 19.2 Å². The number of hydrogen-bond acceptors (Lipinski definition) is 7. The second-order valence-electron chi connectivity index (χ2n) is 9.99. The zero-order chi connectivity index (χ0) is 28.9. The Morgan fingerprint density at radius 1 is 1.07 bits per heavy atom. The van der Waals surface area contributed by atoms with Gasteiger partial charge in [-0.05, 0) is 69.7 Å². The molecule has 1 aliphatic rings. The predicted octanol–water partition coefficient (Wildman–Crippen LogP) is 0.965. The molecule has 0 saturated carbocycles. The third kappa shape index (κ3) is 9.88. The second-order valence-corrected chi connectivity index (χ2v) is 9.99. The summed E-state index contributed by atoms with van der Waals surface area (Å²) >= 11 is 0. The van der Waals surface area contributed by atoms with Gasteiger partial charge in [-0.25, -0.2) is 0 Å². The molecular weight excluding hydrogens is 514 g/mol. The summed E-state index contributed by atoms with van der Waals surface area (Å²) in [4.78, 5) is 54.2. The van der Waals surface area contributed by atoms with Crippen LogP contribution in [0.4, 0.5) is 0 Å². The lowest BCUT2D eigenvalue weighted by molar-refractivity contribution is -0.129. The molecule has 1 aliphatic heterocycles. The number of benzene rings is 2. The lowest BCUT2D eigenvalue weighted by Gasteiger charge is -2.22. The maximum atomic E-state index is 13.2. The van der Waals surface area contributed by atoms with Gasteiger partial charge in [-0.1, -0.05) is 24.3 Å². The van der Waals surface area contributed by atoms with Gasteiger partial charge < -0.3 is 36.0 Å². The number of phenolic OH excluding ortho intramolecular Hbond substituents is 1. The Morgan fingerprint density at radius 3 is 2.58 bits per heavy atom. The van der Waals surface area contributed by atoms with Crippen LogP contribution in [0.2, 0.25) is 0 Å². The summed E-state index contributed by atoms with van der Waals surface area (Å²) in [6.45, 7) is 1.76. The molecule has 0 saturated heterocycles. The van der Waals surface area contributed by atoms with Crippen molar-refractivity contribution >= 4 is 23.6 Å². The number of carbonyl (C=O) groups is 4. The van der Waals surface area contributed by atoms with Crippen molar-refractivity contribution in [3.05, 3.63) is 59.7 Å². The van der Waals surface area contributed by atoms with Crippen molar-refractivity contribution in [3.63, 3.8) is 0 Å². The minimum atomic E-state index is -0.969. The molecule has 40 heavy (non-hydrogen) atoms. The first-order chi connectivity index (χ1) is 19.2. The predicted molar refractivity (Wildman–Crippen MR) is 150 cm³/mol. The molecule has 0 fully saturated rings. The number of nitrogens with one attached hydrogen (secondary N) is 4. The van der Waals surface area contributed by atoms with Crippen LogP contribution in [0, 0.1) is 0 Å². The van der Waals surface area contributed by atoms with Gasteiger partial charge in [0.15, 0.2) is 0 Å². The fourth-order valence-electron chi connectivity index (χ4n) is 4.22. The van der Waals surface area contributed by atoms with E-state index in [4.69, 9.17) is 4.74 Å². The fourth-order valence-corrected chi connectivity index (χ4v) is 4.22. The highest BCUT2D eigenvalue weighted by molar-refractivity contribution is 5.99. The number of aromatic hydroxyl groups is 1. The van der Waals surface area contributed by atoms with Gasteiger partial charge in [0.05, 0.1) is 12.2 Å². The van der Waals surface area contributed by atoms with Gasteiger partial charge in [0, 0.05) is 25.9 Å². The highest BCUT2D eigenvalue weighted by Crippen LogP contribution is 2.19. The number of fused-ring (bicyclic) bond motifs is 1. The number of carbonyl (C=O) groups excluding carboxylic acids is 4. The van der Waals surface area contributed by atoms with E-state index in [9.17, 15) is 24.3 Å². The first-order valence-electron chi connectivity index (χ1n) is 13.5. The van der Waals surface area contributed by atoms with Crippen LogP contribution in [-0.2, 0) is 20.8 Å². The summed E-state index contributed by atoms with van der Waals surface area (Å²) in [6.07, 6.45) is 1.36. The Balaban J connectivity index is 1.78. The Morgan fingerprint density at radius 2 is 1.82 bits per heavy atom. The molecule has 2 aromatic carbocycles. The molecule has 1 heterocycles. The number of ether oxygens (including phenoxy) is 1. The van der Waals surface area contributed by atoms with E-state index >= 15 is 0 Å². The van der Waals surface area contributed by atoms with Crippen molar-refractivity contribution < 1.29 is 29.0 Å². The monoisotopic (exact) mass is 553 g/mol. The summed E-state index contributed by atoms with van der Waals surface area (Å²) in [5.74, 6) is -1.17. The van der Waals surface area contributed by atoms with E-state index in [1.54, 1.807) is 36.4 Å². The van der Waals surface area contributed by atoms with Crippen LogP contribution in [0.1, 0.15) is 41.6 Å². The minimum Gasteiger partial charge on any atom is -0.508 e. The van der Waals surface area contributed by atoms with Gasteiger partial charge in [-0.2, -0.15) is 0 Å². The van der Waals surface area contributed by atoms with E-state index in [1.165, 1.54) is 12.1 Å². The molecule has 0 aromatic heterocycles. The van der Waals surface area contributed by atoms with E-state index in [-0.39, 0.29) is 43.1 Å². The average molecular weight is 554 g/mol. The summed E-state index contributed by atoms with van der Waals surface area (Å²) in [5, 5.41) is 20.8. The van der Waals surface area contributed by atoms with Crippen LogP contribution >= 0.6 is 0 Å². The lowest BCUT2D eigenvalue weighted by Crippen LogP contribution is -2.50. The largest absolute Gasteiger partial charge is 0.508 e. The van der Waals surface area contributed by atoms with E-state index in [0.717, 1.165) is 18.5 Å². The van der Waals surface area contributed by atoms with Gasteiger partial charge in [0.25, 0.3) is 5.91 Å². The Hall–Kier alpha value is -4.12. The lowest BCUT2D eigenvalue weighted by atomic mass is 10.0. The second kappa shape index (κ2) is 15.5. The van der Waals surface area contributed by atoms with Gasteiger partial charge >= 0.3 is 0 Å². The fraction of sp³-hybridized carbons (Fsp3) is 0.448. The number of nitrogens with zero attached hydrogens (tertiary/aromatic N) is 1. The van der Waals surface area contributed by atoms with Gasteiger partial charge in [0.2, 0.25) is 17.7 Å². The molecular formula is C29H39N5O6. The van der Waals surface area contributed by atoms with E-state index in [1.807, 2.05) is 19.0 Å². The molecule has 3 rings (SSSR count). The van der Waals surface area contributed by atoms with Crippen LogP contribution in [0.15, 0.2) is 48.5 Å². The molecule has 2 aromatic rings. The number of phenols is 1. The topological polar surface area (TPSA) is 149 Å². The molecule has 2 atom stereocenters. The van der Waals surface area contributed by atoms with E-state index in [0.29, 0.717) is 25.3 Å². The third-order valence-corrected chi connectivity index (χ3v) is 6.40. The Labute approximate surface area is 234 Å². The molecule has 0 bridgehead atoms. The molecule has 0 spiro atoms. The molecule has 4 amide bonds. The molecule has 0 radical (unpaired) electrons. The maximum Gasteiger partial charge on any atom is 0.255 e. The number of amides is 4. The summed E-state index contributed by atoms with van der Waals surface area (Å²) in [7, 11) is 3.88. The number of para-hydroxylation sites is 1. The summed E-state index contributed by atoms with van der Waals surface area (Å²) in [5.41, 5.74) is 1.04. The van der Waals surface area contributed by atoms with Crippen molar-refractivity contribution in [3.8, 4) is 11.5 Å². The van der Waals surface area contributed by atoms with Crippen LogP contribution in [0.3, 0.4) is 0 Å². The van der Waals surface area contributed by atoms with Crippen molar-refractivity contribution in [2.45, 2.75) is 44.2 Å². The SMILES string of the molecule is CN(C)CCCNC(=O)[C@@H]1CCC(=O)N[C@@H](Cc2ccc(O)cc2)C(=O)NCCCOc2ccccc2C(=O)N1. The van der Waals surface area contributed by atoms with Crippen LogP contribution < -0.4 is 26.0 Å². The molecule has 0 aliphatic carbocycles. The maximum absolute atomic E-state index is 13.2. The molecule has 216 valence electrons. The molecule has 0 unspecified atom stereocenters. The minimum absolute atomic E-state index is 0.0354. The zero-order valence-electron chi connectivity index (χ0n) is 23.1. The first kappa shape index (κ1) is 30.4. The standard InChI is InChI=1S/C29H39N5O6/c1-34(2)17-5-15-30-28(38)23-13-14-26(36)32-24(19-20-9-11-21(35)12-10-20)29(39)31-16-6-18-40-25-8-4-3-7-22(25)27(37)33-23/h3-4,7-12,23-24,35H,5-6,13-19H2,1-2H3,(H,30,38)(H,31,39)(H,32,36)(H,33,37)/t23-,24-/m0/s1. The van der Waals surface area contributed by atoms with Crippen LogP contribution in [0.25, 0.3) is 0 Å². The highest BCUT2D eigenvalue weighted by atomic mass is 16.5. The summed E-state index contributed by atoms with van der Waals surface area (Å²) in [6, 6.07) is 11.3. The van der Waals surface area contributed by atoms with E-state index in [2.05, 4.69) is 21.3 Å². The van der Waals surface area contributed by atoms with Crippen LogP contribution in [0.5, 0.6) is 11.5 Å². The van der Waals surface area contributed by atoms with Crippen molar-refractivity contribution in [2.75, 3.05) is 40.3 Å². The highest BCUT2D eigenvalue weighted by Gasteiger charge is 2.26. The summed E-state index contributed by atoms with van der Waals surface area (Å²) < 4.78 is 5.83. The van der Waals surface area contributed by atoms with Crippen LogP contribution in [-0.4, -0.2) is 86.1 Å². The molecule has 5 N–H and O–H groups in total. The first-order valence-corrected chi connectivity index (χ1v) is 13.5. The van der Waals surface area contributed by atoms with Gasteiger partial charge in [0.1, 0.15) is 23.6 Å². The Kier molecular flexibility index (Phi) is 11.8. The van der Waals surface area contributed by atoms with E-state index < -0.39 is 29.8 Å². The van der Waals surface area contributed by atoms with Gasteiger partial charge in [-0.15, -0.1) is 0 Å². The third-order valence-electron chi connectivity index (χ3n) is 6.40. The van der Waals surface area contributed by atoms with Crippen molar-refractivity contribution in [1.82, 2.24) is 26.2 Å². The smallest absolute Gasteiger partial charge is 0.255 e.